The lowest BCUT2D eigenvalue weighted by Crippen LogP contribution is -2.25. The van der Waals surface area contributed by atoms with Gasteiger partial charge in [0.1, 0.15) is 0 Å². The molecule has 26 heavy (non-hydrogen) atoms. The number of ether oxygens (including phenoxy) is 1. The molecule has 134 valence electrons. The largest absolute Gasteiger partial charge is 0.372 e. The molecular formula is C22H23NOS2. The smallest absolute Gasteiger partial charge is 0.0814 e. The molecule has 0 saturated carbocycles. The summed E-state index contributed by atoms with van der Waals surface area (Å²) in [5.41, 5.74) is 4.00. The first-order chi connectivity index (χ1) is 12.6. The number of benzene rings is 2. The Morgan fingerprint density at radius 1 is 0.923 bits per heavy atom. The Hall–Kier alpha value is -1.59. The van der Waals surface area contributed by atoms with Crippen molar-refractivity contribution in [1.29, 1.82) is 0 Å². The topological polar surface area (TPSA) is 12.5 Å². The van der Waals surface area contributed by atoms with Crippen LogP contribution in [0.1, 0.15) is 11.8 Å². The zero-order valence-electron chi connectivity index (χ0n) is 15.4. The van der Waals surface area contributed by atoms with Gasteiger partial charge in [0.05, 0.1) is 12.7 Å². The van der Waals surface area contributed by atoms with Gasteiger partial charge in [0.25, 0.3) is 0 Å². The lowest BCUT2D eigenvalue weighted by atomic mass is 10.0. The highest BCUT2D eigenvalue weighted by Crippen LogP contribution is 2.50. The van der Waals surface area contributed by atoms with Gasteiger partial charge in [-0.25, -0.2) is 0 Å². The summed E-state index contributed by atoms with van der Waals surface area (Å²) in [6, 6.07) is 19.8. The Kier molecular flexibility index (Phi) is 5.18. The lowest BCUT2D eigenvalue weighted by molar-refractivity contribution is 0.0379. The van der Waals surface area contributed by atoms with Gasteiger partial charge in [-0.2, -0.15) is 0 Å². The first-order valence-electron chi connectivity index (χ1n) is 8.87. The van der Waals surface area contributed by atoms with Crippen molar-refractivity contribution in [1.82, 2.24) is 4.90 Å². The van der Waals surface area contributed by atoms with Crippen LogP contribution >= 0.6 is 23.1 Å². The maximum absolute atomic E-state index is 6.09. The summed E-state index contributed by atoms with van der Waals surface area (Å²) >= 11 is 3.73. The van der Waals surface area contributed by atoms with Crippen LogP contribution in [0.25, 0.3) is 21.6 Å². The van der Waals surface area contributed by atoms with Gasteiger partial charge in [-0.05, 0) is 44.8 Å². The van der Waals surface area contributed by atoms with Crippen molar-refractivity contribution in [3.8, 4) is 21.6 Å². The third-order valence-corrected chi connectivity index (χ3v) is 6.74. The van der Waals surface area contributed by atoms with E-state index in [4.69, 9.17) is 4.74 Å². The van der Waals surface area contributed by atoms with E-state index in [1.807, 2.05) is 23.1 Å². The zero-order chi connectivity index (χ0) is 18.1. The Bertz CT molecular complexity index is 853. The Morgan fingerprint density at radius 2 is 1.58 bits per heavy atom. The summed E-state index contributed by atoms with van der Waals surface area (Å²) in [6.07, 6.45) is 0.224. The standard InChI is InChI=1S/C22H23NOS2/c1-15(13-23(2)3)24-14-16-12-19-17-8-4-6-10-20(17)26-21-11-7-5-9-18(21)22(19)25-16/h4-12,15H,13-14H2,1-3H3. The first-order valence-corrected chi connectivity index (χ1v) is 10.5. The molecule has 0 radical (unpaired) electrons. The predicted octanol–water partition coefficient (Wildman–Crippen LogP) is 6.01. The molecule has 2 heterocycles. The minimum atomic E-state index is 0.224. The highest BCUT2D eigenvalue weighted by molar-refractivity contribution is 7.99. The molecule has 3 aromatic rings. The van der Waals surface area contributed by atoms with E-state index < -0.39 is 0 Å². The van der Waals surface area contributed by atoms with Crippen molar-refractivity contribution in [3.05, 3.63) is 59.5 Å². The number of hydrogen-bond donors (Lipinski definition) is 0. The second-order valence-electron chi connectivity index (χ2n) is 6.93. The molecule has 0 fully saturated rings. The van der Waals surface area contributed by atoms with E-state index >= 15 is 0 Å². The summed E-state index contributed by atoms with van der Waals surface area (Å²) in [6.45, 7) is 3.75. The summed E-state index contributed by atoms with van der Waals surface area (Å²) < 4.78 is 6.09. The van der Waals surface area contributed by atoms with Crippen molar-refractivity contribution in [2.45, 2.75) is 29.4 Å². The van der Waals surface area contributed by atoms with Crippen LogP contribution in [-0.2, 0) is 11.3 Å². The van der Waals surface area contributed by atoms with Crippen molar-refractivity contribution >= 4 is 23.1 Å². The van der Waals surface area contributed by atoms with Crippen LogP contribution in [-0.4, -0.2) is 31.6 Å². The quantitative estimate of drug-likeness (QED) is 0.420. The van der Waals surface area contributed by atoms with Gasteiger partial charge in [-0.15, -0.1) is 11.3 Å². The summed E-state index contributed by atoms with van der Waals surface area (Å²) in [7, 11) is 4.16. The fourth-order valence-electron chi connectivity index (χ4n) is 3.34. The Morgan fingerprint density at radius 3 is 2.31 bits per heavy atom. The lowest BCUT2D eigenvalue weighted by Gasteiger charge is -2.17. The molecule has 1 aromatic heterocycles. The fraction of sp³-hybridized carbons (Fsp3) is 0.273. The van der Waals surface area contributed by atoms with Crippen LogP contribution in [0.4, 0.5) is 0 Å². The molecule has 0 spiro atoms. The average Bonchev–Trinajstić information content (AvgIpc) is 2.99. The summed E-state index contributed by atoms with van der Waals surface area (Å²) in [4.78, 5) is 7.46. The van der Waals surface area contributed by atoms with E-state index in [1.165, 1.54) is 36.2 Å². The van der Waals surface area contributed by atoms with E-state index in [0.29, 0.717) is 6.61 Å². The first kappa shape index (κ1) is 17.8. The normalized spacial score (nSPS) is 13.7. The van der Waals surface area contributed by atoms with Gasteiger partial charge in [-0.3, -0.25) is 0 Å². The highest BCUT2D eigenvalue weighted by Gasteiger charge is 2.22. The second-order valence-corrected chi connectivity index (χ2v) is 9.15. The average molecular weight is 382 g/mol. The molecule has 0 amide bonds. The molecule has 0 aliphatic carbocycles. The Balaban J connectivity index is 1.71. The zero-order valence-corrected chi connectivity index (χ0v) is 17.0. The summed E-state index contributed by atoms with van der Waals surface area (Å²) in [5, 5.41) is 0. The van der Waals surface area contributed by atoms with Gasteiger partial charge in [0.2, 0.25) is 0 Å². The fourth-order valence-corrected chi connectivity index (χ4v) is 5.64. The SMILES string of the molecule is CC(CN(C)C)OCc1cc2c(s1)-c1ccccc1Sc1ccccc1-2. The van der Waals surface area contributed by atoms with Crippen molar-refractivity contribution in [3.63, 3.8) is 0 Å². The molecular weight excluding hydrogens is 358 g/mol. The molecule has 1 atom stereocenters. The number of nitrogens with zero attached hydrogens (tertiary/aromatic N) is 1. The molecule has 2 aromatic carbocycles. The Labute approximate surface area is 163 Å². The molecule has 0 saturated heterocycles. The molecule has 4 heteroatoms. The summed E-state index contributed by atoms with van der Waals surface area (Å²) in [5.74, 6) is 0. The van der Waals surface area contributed by atoms with Crippen LogP contribution in [0.5, 0.6) is 0 Å². The van der Waals surface area contributed by atoms with E-state index in [2.05, 4.69) is 80.5 Å². The predicted molar refractivity (Wildman–Crippen MR) is 112 cm³/mol. The number of likely N-dealkylation sites (N-methyl/N-ethyl adjacent to an activating group) is 1. The molecule has 1 aliphatic rings. The van der Waals surface area contributed by atoms with Gasteiger partial charge in [-0.1, -0.05) is 48.2 Å². The van der Waals surface area contributed by atoms with Crippen molar-refractivity contribution in [2.24, 2.45) is 0 Å². The molecule has 2 nitrogen and oxygen atoms in total. The maximum Gasteiger partial charge on any atom is 0.0814 e. The minimum Gasteiger partial charge on any atom is -0.372 e. The minimum absolute atomic E-state index is 0.224. The van der Waals surface area contributed by atoms with Gasteiger partial charge in [0.15, 0.2) is 0 Å². The molecule has 1 unspecified atom stereocenters. The number of thiophene rings is 1. The van der Waals surface area contributed by atoms with E-state index in [1.54, 1.807) is 0 Å². The third-order valence-electron chi connectivity index (χ3n) is 4.44. The van der Waals surface area contributed by atoms with Gasteiger partial charge in [0, 0.05) is 37.2 Å². The van der Waals surface area contributed by atoms with Crippen LogP contribution < -0.4 is 0 Å². The second kappa shape index (κ2) is 7.57. The van der Waals surface area contributed by atoms with Crippen LogP contribution in [0.2, 0.25) is 0 Å². The van der Waals surface area contributed by atoms with Crippen LogP contribution in [0.15, 0.2) is 64.4 Å². The maximum atomic E-state index is 6.09. The van der Waals surface area contributed by atoms with Crippen molar-refractivity contribution < 1.29 is 4.74 Å². The molecule has 4 rings (SSSR count). The van der Waals surface area contributed by atoms with Crippen LogP contribution in [0, 0.1) is 0 Å². The number of fused-ring (bicyclic) bond motifs is 5. The van der Waals surface area contributed by atoms with E-state index in [0.717, 1.165) is 6.54 Å². The number of rotatable bonds is 5. The molecule has 0 bridgehead atoms. The van der Waals surface area contributed by atoms with Crippen molar-refractivity contribution in [2.75, 3.05) is 20.6 Å². The number of hydrogen-bond acceptors (Lipinski definition) is 4. The van der Waals surface area contributed by atoms with Gasteiger partial charge < -0.3 is 9.64 Å². The molecule has 0 N–H and O–H groups in total. The highest BCUT2D eigenvalue weighted by atomic mass is 32.2. The van der Waals surface area contributed by atoms with E-state index in [-0.39, 0.29) is 6.10 Å². The third kappa shape index (κ3) is 3.60. The molecule has 1 aliphatic heterocycles. The van der Waals surface area contributed by atoms with E-state index in [9.17, 15) is 0 Å². The van der Waals surface area contributed by atoms with Gasteiger partial charge >= 0.3 is 0 Å². The van der Waals surface area contributed by atoms with Crippen LogP contribution in [0.3, 0.4) is 0 Å². The monoisotopic (exact) mass is 381 g/mol.